The van der Waals surface area contributed by atoms with E-state index in [1.54, 1.807) is 11.1 Å². The molecule has 2 aromatic rings. The zero-order chi connectivity index (χ0) is 18.8. The molecule has 26 heavy (non-hydrogen) atoms. The van der Waals surface area contributed by atoms with E-state index in [9.17, 15) is 9.59 Å². The molecular formula is C20H26N4O2. The van der Waals surface area contributed by atoms with Crippen LogP contribution in [0.3, 0.4) is 0 Å². The third kappa shape index (κ3) is 6.27. The minimum absolute atomic E-state index is 0.0423. The third-order valence-electron chi connectivity index (χ3n) is 3.98. The summed E-state index contributed by atoms with van der Waals surface area (Å²) < 4.78 is 0. The van der Waals surface area contributed by atoms with Crippen LogP contribution >= 0.6 is 0 Å². The molecule has 0 aliphatic rings. The van der Waals surface area contributed by atoms with Crippen LogP contribution in [0.4, 0.5) is 0 Å². The van der Waals surface area contributed by atoms with Gasteiger partial charge in [0, 0.05) is 32.3 Å². The van der Waals surface area contributed by atoms with Crippen molar-refractivity contribution >= 4 is 11.8 Å². The summed E-state index contributed by atoms with van der Waals surface area (Å²) in [6.07, 6.45) is 4.96. The Morgan fingerprint density at radius 1 is 1.08 bits per heavy atom. The van der Waals surface area contributed by atoms with E-state index < -0.39 is 0 Å². The Morgan fingerprint density at radius 2 is 1.85 bits per heavy atom. The van der Waals surface area contributed by atoms with E-state index in [1.807, 2.05) is 44.2 Å². The zero-order valence-corrected chi connectivity index (χ0v) is 15.4. The summed E-state index contributed by atoms with van der Waals surface area (Å²) in [5, 5.41) is 2.84. The van der Waals surface area contributed by atoms with E-state index in [-0.39, 0.29) is 18.2 Å². The number of aryl methyl sites for hydroxylation is 1. The molecule has 0 aliphatic carbocycles. The molecule has 1 aromatic heterocycles. The SMILES string of the molecule is CCCNC(=O)CCN(CCc1ccccc1)C(=O)c1cnc(C)cn1. The predicted molar refractivity (Wildman–Crippen MR) is 101 cm³/mol. The third-order valence-corrected chi connectivity index (χ3v) is 3.98. The average molecular weight is 354 g/mol. The fourth-order valence-electron chi connectivity index (χ4n) is 2.48. The molecule has 0 unspecified atom stereocenters. The first-order chi connectivity index (χ1) is 12.6. The normalized spacial score (nSPS) is 10.4. The largest absolute Gasteiger partial charge is 0.356 e. The molecule has 0 fully saturated rings. The van der Waals surface area contributed by atoms with Crippen molar-refractivity contribution in [1.82, 2.24) is 20.2 Å². The van der Waals surface area contributed by atoms with E-state index in [4.69, 9.17) is 0 Å². The van der Waals surface area contributed by atoms with Crippen molar-refractivity contribution in [3.8, 4) is 0 Å². The van der Waals surface area contributed by atoms with Gasteiger partial charge < -0.3 is 10.2 Å². The van der Waals surface area contributed by atoms with Crippen molar-refractivity contribution < 1.29 is 9.59 Å². The Bertz CT molecular complexity index is 702. The van der Waals surface area contributed by atoms with Crippen LogP contribution in [0.1, 0.15) is 41.5 Å². The Labute approximate surface area is 154 Å². The number of carbonyl (C=O) groups is 2. The van der Waals surface area contributed by atoms with Gasteiger partial charge in [0.2, 0.25) is 5.91 Å². The van der Waals surface area contributed by atoms with Gasteiger partial charge in [-0.1, -0.05) is 37.3 Å². The summed E-state index contributed by atoms with van der Waals surface area (Å²) in [6.45, 7) is 5.37. The second-order valence-corrected chi connectivity index (χ2v) is 6.17. The number of carbonyl (C=O) groups excluding carboxylic acids is 2. The first-order valence-corrected chi connectivity index (χ1v) is 8.98. The number of hydrogen-bond acceptors (Lipinski definition) is 4. The molecular weight excluding hydrogens is 328 g/mol. The number of nitrogens with zero attached hydrogens (tertiary/aromatic N) is 3. The Morgan fingerprint density at radius 3 is 2.50 bits per heavy atom. The minimum Gasteiger partial charge on any atom is -0.356 e. The summed E-state index contributed by atoms with van der Waals surface area (Å²) in [5.41, 5.74) is 2.21. The molecule has 0 saturated carbocycles. The lowest BCUT2D eigenvalue weighted by atomic mass is 10.1. The molecule has 1 aromatic carbocycles. The van der Waals surface area contributed by atoms with Crippen molar-refractivity contribution in [2.75, 3.05) is 19.6 Å². The van der Waals surface area contributed by atoms with Gasteiger partial charge in [-0.2, -0.15) is 0 Å². The van der Waals surface area contributed by atoms with Crippen molar-refractivity contribution in [2.45, 2.75) is 33.1 Å². The van der Waals surface area contributed by atoms with Crippen LogP contribution in [0.25, 0.3) is 0 Å². The standard InChI is InChI=1S/C20H26N4O2/c1-3-11-21-19(25)10-13-24(12-9-17-7-5-4-6-8-17)20(26)18-15-22-16(2)14-23-18/h4-8,14-15H,3,9-13H2,1-2H3,(H,21,25). The maximum Gasteiger partial charge on any atom is 0.274 e. The number of nitrogens with one attached hydrogen (secondary N) is 1. The highest BCUT2D eigenvalue weighted by Gasteiger charge is 2.18. The predicted octanol–water partition coefficient (Wildman–Crippen LogP) is 2.39. The van der Waals surface area contributed by atoms with Crippen LogP contribution in [0.15, 0.2) is 42.7 Å². The van der Waals surface area contributed by atoms with Crippen LogP contribution in [-0.2, 0) is 11.2 Å². The smallest absolute Gasteiger partial charge is 0.274 e. The molecule has 138 valence electrons. The highest BCUT2D eigenvalue weighted by molar-refractivity contribution is 5.92. The molecule has 1 heterocycles. The maximum atomic E-state index is 12.8. The number of amides is 2. The summed E-state index contributed by atoms with van der Waals surface area (Å²) in [7, 11) is 0. The van der Waals surface area contributed by atoms with E-state index >= 15 is 0 Å². The lowest BCUT2D eigenvalue weighted by molar-refractivity contribution is -0.121. The molecule has 1 N–H and O–H groups in total. The van der Waals surface area contributed by atoms with Gasteiger partial charge in [0.25, 0.3) is 5.91 Å². The van der Waals surface area contributed by atoms with Gasteiger partial charge >= 0.3 is 0 Å². The van der Waals surface area contributed by atoms with E-state index in [0.29, 0.717) is 25.3 Å². The van der Waals surface area contributed by atoms with E-state index in [0.717, 1.165) is 24.1 Å². The first-order valence-electron chi connectivity index (χ1n) is 8.98. The lowest BCUT2D eigenvalue weighted by Crippen LogP contribution is -2.37. The molecule has 0 radical (unpaired) electrons. The van der Waals surface area contributed by atoms with Crippen LogP contribution < -0.4 is 5.32 Å². The monoisotopic (exact) mass is 354 g/mol. The van der Waals surface area contributed by atoms with Gasteiger partial charge in [-0.05, 0) is 25.3 Å². The van der Waals surface area contributed by atoms with Crippen LogP contribution in [0, 0.1) is 6.92 Å². The van der Waals surface area contributed by atoms with Gasteiger partial charge in [0.05, 0.1) is 11.9 Å². The molecule has 0 atom stereocenters. The summed E-state index contributed by atoms with van der Waals surface area (Å²) in [5.74, 6) is -0.240. The van der Waals surface area contributed by atoms with Crippen LogP contribution in [0.2, 0.25) is 0 Å². The highest BCUT2D eigenvalue weighted by Crippen LogP contribution is 2.07. The fourth-order valence-corrected chi connectivity index (χ4v) is 2.48. The Hall–Kier alpha value is -2.76. The minimum atomic E-state index is -0.197. The second-order valence-electron chi connectivity index (χ2n) is 6.17. The molecule has 0 spiro atoms. The van der Waals surface area contributed by atoms with Crippen molar-refractivity contribution in [3.05, 3.63) is 59.7 Å². The zero-order valence-electron chi connectivity index (χ0n) is 15.4. The van der Waals surface area contributed by atoms with Gasteiger partial charge in [0.15, 0.2) is 0 Å². The van der Waals surface area contributed by atoms with E-state index in [1.165, 1.54) is 6.20 Å². The van der Waals surface area contributed by atoms with Crippen LogP contribution in [-0.4, -0.2) is 46.3 Å². The summed E-state index contributed by atoms with van der Waals surface area (Å²) >= 11 is 0. The number of rotatable bonds is 9. The Balaban J connectivity index is 2.03. The molecule has 6 nitrogen and oxygen atoms in total. The lowest BCUT2D eigenvalue weighted by Gasteiger charge is -2.22. The van der Waals surface area contributed by atoms with Crippen LogP contribution in [0.5, 0.6) is 0 Å². The van der Waals surface area contributed by atoms with Gasteiger partial charge in [0.1, 0.15) is 5.69 Å². The molecule has 2 rings (SSSR count). The van der Waals surface area contributed by atoms with Gasteiger partial charge in [-0.25, -0.2) is 4.98 Å². The Kier molecular flexibility index (Phi) is 7.74. The average Bonchev–Trinajstić information content (AvgIpc) is 2.67. The molecule has 0 bridgehead atoms. The highest BCUT2D eigenvalue weighted by atomic mass is 16.2. The van der Waals surface area contributed by atoms with Crippen molar-refractivity contribution in [3.63, 3.8) is 0 Å². The molecule has 6 heteroatoms. The van der Waals surface area contributed by atoms with Crippen molar-refractivity contribution in [2.24, 2.45) is 0 Å². The summed E-state index contributed by atoms with van der Waals surface area (Å²) in [6, 6.07) is 9.98. The fraction of sp³-hybridized carbons (Fsp3) is 0.400. The number of aromatic nitrogens is 2. The molecule has 0 aliphatic heterocycles. The van der Waals surface area contributed by atoms with Gasteiger partial charge in [-0.3, -0.25) is 14.6 Å². The van der Waals surface area contributed by atoms with E-state index in [2.05, 4.69) is 15.3 Å². The maximum absolute atomic E-state index is 12.8. The van der Waals surface area contributed by atoms with Crippen molar-refractivity contribution in [1.29, 1.82) is 0 Å². The topological polar surface area (TPSA) is 75.2 Å². The second kappa shape index (κ2) is 10.3. The first kappa shape index (κ1) is 19.6. The molecule has 2 amide bonds. The quantitative estimate of drug-likeness (QED) is 0.750. The van der Waals surface area contributed by atoms with Gasteiger partial charge in [-0.15, -0.1) is 0 Å². The summed E-state index contributed by atoms with van der Waals surface area (Å²) in [4.78, 5) is 34.7. The number of benzene rings is 1. The molecule has 0 saturated heterocycles. The number of hydrogen-bond donors (Lipinski definition) is 1.